The number of aliphatic imine (C=N–C) groups is 1. The van der Waals surface area contributed by atoms with Gasteiger partial charge in [0, 0.05) is 19.0 Å². The molecule has 0 aliphatic rings. The van der Waals surface area contributed by atoms with E-state index in [2.05, 4.69) is 37.7 Å². The van der Waals surface area contributed by atoms with Crippen LogP contribution in [0.15, 0.2) is 4.99 Å². The molecule has 3 heteroatoms. The first-order chi connectivity index (χ1) is 6.57. The summed E-state index contributed by atoms with van der Waals surface area (Å²) in [5, 5.41) is 0. The Morgan fingerprint density at radius 2 is 2.07 bits per heavy atom. The van der Waals surface area contributed by atoms with Crippen molar-refractivity contribution in [3.63, 3.8) is 0 Å². The van der Waals surface area contributed by atoms with Crippen molar-refractivity contribution in [2.24, 2.45) is 10.7 Å². The molecule has 0 saturated heterocycles. The highest BCUT2D eigenvalue weighted by Gasteiger charge is 2.01. The summed E-state index contributed by atoms with van der Waals surface area (Å²) in [6, 6.07) is 0.618. The van der Waals surface area contributed by atoms with Crippen LogP contribution in [-0.2, 0) is 0 Å². The van der Waals surface area contributed by atoms with Crippen LogP contribution in [0.25, 0.3) is 0 Å². The topological polar surface area (TPSA) is 41.6 Å². The third-order valence-corrected chi connectivity index (χ3v) is 2.37. The highest BCUT2D eigenvalue weighted by molar-refractivity contribution is 5.80. The maximum atomic E-state index is 5.70. The average Bonchev–Trinajstić information content (AvgIpc) is 2.12. The zero-order chi connectivity index (χ0) is 11.0. The summed E-state index contributed by atoms with van der Waals surface area (Å²) in [5.74, 6) is 0.805. The maximum absolute atomic E-state index is 5.70. The molecule has 0 spiro atoms. The Bertz CT molecular complexity index is 164. The first kappa shape index (κ1) is 13.4. The lowest BCUT2D eigenvalue weighted by atomic mass is 10.3. The van der Waals surface area contributed by atoms with Crippen LogP contribution in [0.4, 0.5) is 0 Å². The summed E-state index contributed by atoms with van der Waals surface area (Å²) in [5.41, 5.74) is 5.70. The molecule has 0 aliphatic carbocycles. The molecule has 0 fully saturated rings. The van der Waals surface area contributed by atoms with Crippen molar-refractivity contribution in [2.45, 2.75) is 46.1 Å². The standard InChI is InChI=1S/C11H25N3/c1-5-7-11(12)13-8-6-9-14(4)10(2)3/h10H,5-9H2,1-4H3,(H2,12,13). The van der Waals surface area contributed by atoms with Crippen molar-refractivity contribution in [1.82, 2.24) is 4.90 Å². The molecule has 0 heterocycles. The minimum Gasteiger partial charge on any atom is -0.387 e. The van der Waals surface area contributed by atoms with Crippen molar-refractivity contribution >= 4 is 5.84 Å². The van der Waals surface area contributed by atoms with Gasteiger partial charge in [-0.05, 0) is 40.3 Å². The van der Waals surface area contributed by atoms with Gasteiger partial charge < -0.3 is 10.6 Å². The molecule has 0 atom stereocenters. The van der Waals surface area contributed by atoms with E-state index >= 15 is 0 Å². The minimum atomic E-state index is 0.618. The Kier molecular flexibility index (Phi) is 7.48. The highest BCUT2D eigenvalue weighted by atomic mass is 15.1. The van der Waals surface area contributed by atoms with Crippen molar-refractivity contribution in [3.8, 4) is 0 Å². The fourth-order valence-corrected chi connectivity index (χ4v) is 1.14. The number of nitrogens with zero attached hydrogens (tertiary/aromatic N) is 2. The molecule has 0 rings (SSSR count). The summed E-state index contributed by atoms with van der Waals surface area (Å²) >= 11 is 0. The molecule has 0 unspecified atom stereocenters. The SMILES string of the molecule is CCCC(N)=NCCCN(C)C(C)C. The molecule has 0 saturated carbocycles. The lowest BCUT2D eigenvalue weighted by Gasteiger charge is -2.20. The second-order valence-electron chi connectivity index (χ2n) is 4.05. The molecule has 3 nitrogen and oxygen atoms in total. The number of hydrogen-bond acceptors (Lipinski definition) is 2. The smallest absolute Gasteiger partial charge is 0.0936 e. The van der Waals surface area contributed by atoms with Crippen LogP contribution >= 0.6 is 0 Å². The molecular weight excluding hydrogens is 174 g/mol. The monoisotopic (exact) mass is 199 g/mol. The van der Waals surface area contributed by atoms with Crippen LogP contribution in [0, 0.1) is 0 Å². The van der Waals surface area contributed by atoms with E-state index in [9.17, 15) is 0 Å². The fourth-order valence-electron chi connectivity index (χ4n) is 1.14. The molecule has 84 valence electrons. The van der Waals surface area contributed by atoms with E-state index in [-0.39, 0.29) is 0 Å². The van der Waals surface area contributed by atoms with Gasteiger partial charge in [0.05, 0.1) is 5.84 Å². The van der Waals surface area contributed by atoms with Gasteiger partial charge in [-0.3, -0.25) is 4.99 Å². The fraction of sp³-hybridized carbons (Fsp3) is 0.909. The molecule has 0 aliphatic heterocycles. The molecule has 0 bridgehead atoms. The molecule has 0 aromatic carbocycles. The van der Waals surface area contributed by atoms with Crippen molar-refractivity contribution < 1.29 is 0 Å². The maximum Gasteiger partial charge on any atom is 0.0936 e. The first-order valence-corrected chi connectivity index (χ1v) is 5.57. The Morgan fingerprint density at radius 3 is 2.57 bits per heavy atom. The Hall–Kier alpha value is -0.570. The second-order valence-corrected chi connectivity index (χ2v) is 4.05. The number of nitrogens with two attached hydrogens (primary N) is 1. The van der Waals surface area contributed by atoms with E-state index < -0.39 is 0 Å². The predicted molar refractivity (Wildman–Crippen MR) is 63.8 cm³/mol. The van der Waals surface area contributed by atoms with Gasteiger partial charge in [-0.1, -0.05) is 6.92 Å². The summed E-state index contributed by atoms with van der Waals surface area (Å²) < 4.78 is 0. The summed E-state index contributed by atoms with van der Waals surface area (Å²) in [6.07, 6.45) is 3.11. The van der Waals surface area contributed by atoms with Crippen molar-refractivity contribution in [3.05, 3.63) is 0 Å². The highest BCUT2D eigenvalue weighted by Crippen LogP contribution is 1.95. The molecule has 14 heavy (non-hydrogen) atoms. The van der Waals surface area contributed by atoms with Gasteiger partial charge in [0.25, 0.3) is 0 Å². The van der Waals surface area contributed by atoms with E-state index in [0.29, 0.717) is 6.04 Å². The van der Waals surface area contributed by atoms with Gasteiger partial charge >= 0.3 is 0 Å². The van der Waals surface area contributed by atoms with Crippen molar-refractivity contribution in [1.29, 1.82) is 0 Å². The lowest BCUT2D eigenvalue weighted by molar-refractivity contribution is 0.272. The van der Waals surface area contributed by atoms with E-state index in [1.807, 2.05) is 0 Å². The number of amidine groups is 1. The van der Waals surface area contributed by atoms with E-state index in [1.54, 1.807) is 0 Å². The third-order valence-electron chi connectivity index (χ3n) is 2.37. The Balaban J connectivity index is 3.50. The van der Waals surface area contributed by atoms with E-state index in [0.717, 1.165) is 38.2 Å². The van der Waals surface area contributed by atoms with Crippen LogP contribution in [0.5, 0.6) is 0 Å². The summed E-state index contributed by atoms with van der Waals surface area (Å²) in [6.45, 7) is 8.49. The zero-order valence-corrected chi connectivity index (χ0v) is 10.1. The van der Waals surface area contributed by atoms with Crippen molar-refractivity contribution in [2.75, 3.05) is 20.1 Å². The zero-order valence-electron chi connectivity index (χ0n) is 10.1. The van der Waals surface area contributed by atoms with Gasteiger partial charge in [0.1, 0.15) is 0 Å². The van der Waals surface area contributed by atoms with Crippen LogP contribution in [0.2, 0.25) is 0 Å². The molecule has 0 aromatic heterocycles. The Morgan fingerprint density at radius 1 is 1.43 bits per heavy atom. The largest absolute Gasteiger partial charge is 0.387 e. The van der Waals surface area contributed by atoms with Gasteiger partial charge in [-0.25, -0.2) is 0 Å². The van der Waals surface area contributed by atoms with Gasteiger partial charge in [0.15, 0.2) is 0 Å². The second kappa shape index (κ2) is 7.80. The number of hydrogen-bond donors (Lipinski definition) is 1. The molecular formula is C11H25N3. The van der Waals surface area contributed by atoms with Crippen LogP contribution < -0.4 is 5.73 Å². The quantitative estimate of drug-likeness (QED) is 0.386. The van der Waals surface area contributed by atoms with Crippen LogP contribution in [-0.4, -0.2) is 36.9 Å². The minimum absolute atomic E-state index is 0.618. The number of rotatable bonds is 7. The summed E-state index contributed by atoms with van der Waals surface area (Å²) in [7, 11) is 2.14. The van der Waals surface area contributed by atoms with Gasteiger partial charge in [-0.2, -0.15) is 0 Å². The predicted octanol–water partition coefficient (Wildman–Crippen LogP) is 1.87. The third kappa shape index (κ3) is 6.89. The molecule has 0 aromatic rings. The molecule has 0 radical (unpaired) electrons. The van der Waals surface area contributed by atoms with Gasteiger partial charge in [0.2, 0.25) is 0 Å². The van der Waals surface area contributed by atoms with Gasteiger partial charge in [-0.15, -0.1) is 0 Å². The first-order valence-electron chi connectivity index (χ1n) is 5.57. The Labute approximate surface area is 88.4 Å². The van der Waals surface area contributed by atoms with Crippen LogP contribution in [0.1, 0.15) is 40.0 Å². The molecule has 2 N–H and O–H groups in total. The molecule has 0 amide bonds. The lowest BCUT2D eigenvalue weighted by Crippen LogP contribution is -2.27. The normalized spacial score (nSPS) is 12.9. The van der Waals surface area contributed by atoms with E-state index in [1.165, 1.54) is 0 Å². The summed E-state index contributed by atoms with van der Waals surface area (Å²) in [4.78, 5) is 6.64. The van der Waals surface area contributed by atoms with E-state index in [4.69, 9.17) is 5.73 Å². The average molecular weight is 199 g/mol. The van der Waals surface area contributed by atoms with Crippen LogP contribution in [0.3, 0.4) is 0 Å².